The van der Waals surface area contributed by atoms with Crippen molar-refractivity contribution in [2.45, 2.75) is 13.8 Å². The fourth-order valence-corrected chi connectivity index (χ4v) is 0.117. The normalized spacial score (nSPS) is 5.10. The third-order valence-electron chi connectivity index (χ3n) is 0.249. The number of carboxylic acids is 1. The van der Waals surface area contributed by atoms with Crippen molar-refractivity contribution >= 4 is 110 Å². The number of hydrogen-bond donors (Lipinski definition) is 1. The number of halogens is 6. The van der Waals surface area contributed by atoms with Crippen molar-refractivity contribution in [2.24, 2.45) is 0 Å². The van der Waals surface area contributed by atoms with Gasteiger partial charge in [-0.25, -0.2) is 0 Å². The van der Waals surface area contributed by atoms with Gasteiger partial charge >= 0.3 is 56.5 Å². The number of carbonyl (C=O) groups is 2. The number of aliphatic carboxylic acids is 1. The summed E-state index contributed by atoms with van der Waals surface area (Å²) in [5.41, 5.74) is 0. The van der Waals surface area contributed by atoms with Crippen LogP contribution in [0.15, 0.2) is 26.0 Å². The summed E-state index contributed by atoms with van der Waals surface area (Å²) in [5.74, 6) is -1.16. The maximum Gasteiger partial charge on any atom is 0 e. The molecule has 20 heavy (non-hydrogen) atoms. The monoisotopic (exact) mass is 969 g/mol. The van der Waals surface area contributed by atoms with Gasteiger partial charge in [0.05, 0.1) is 6.26 Å². The van der Waals surface area contributed by atoms with Gasteiger partial charge in [0, 0.05) is 61.0 Å². The number of ether oxygens (including phenoxy) is 1. The molecule has 126 valence electrons. The summed E-state index contributed by atoms with van der Waals surface area (Å²) in [6.45, 7) is 11.6. The topological polar surface area (TPSA) is 97.7 Å². The Labute approximate surface area is 189 Å². The van der Waals surface area contributed by atoms with Crippen molar-refractivity contribution in [1.82, 2.24) is 0 Å². The SMILES string of the molecule is C=C.C=COC(C)=O.CC(=O)O.I.II.I[I-]I.O=O. The zero-order chi connectivity index (χ0) is 17.3. The Hall–Kier alpha value is 2.40. The van der Waals surface area contributed by atoms with Crippen LogP contribution in [0, 0.1) is 9.93 Å². The van der Waals surface area contributed by atoms with E-state index in [2.05, 4.69) is 98.9 Å². The summed E-state index contributed by atoms with van der Waals surface area (Å²) in [6.07, 6.45) is 1.10. The fourth-order valence-electron chi connectivity index (χ4n) is 0.117. The number of carboxylic acid groups (broad SMARTS) is 1. The molecule has 0 spiro atoms. The minimum Gasteiger partial charge on any atom is 0 e. The van der Waals surface area contributed by atoms with Crippen molar-refractivity contribution < 1.29 is 32.7 Å². The van der Waals surface area contributed by atoms with E-state index in [1.54, 1.807) is 0 Å². The quantitative estimate of drug-likeness (QED) is 0.188. The first kappa shape index (κ1) is 43.3. The van der Waals surface area contributed by atoms with E-state index in [0.717, 1.165) is 13.2 Å². The van der Waals surface area contributed by atoms with E-state index < -0.39 is 5.97 Å². The number of esters is 1. The Bertz CT molecular complexity index is 177. The molecule has 0 aromatic carbocycles. The van der Waals surface area contributed by atoms with Crippen LogP contribution < -0.4 is 13.3 Å². The van der Waals surface area contributed by atoms with Gasteiger partial charge in [0.25, 0.3) is 5.97 Å². The van der Waals surface area contributed by atoms with E-state index in [-0.39, 0.29) is 29.9 Å². The van der Waals surface area contributed by atoms with E-state index in [4.69, 9.17) is 19.8 Å². The smallest absolute Gasteiger partial charge is 0 e. The van der Waals surface area contributed by atoms with Gasteiger partial charge in [0.15, 0.2) is 0 Å². The Morgan fingerprint density at radius 3 is 1.30 bits per heavy atom. The third-order valence-corrected chi connectivity index (χ3v) is 0.249. The molecule has 0 bridgehead atoms. The zero-order valence-electron chi connectivity index (χ0n) is 10.5. The van der Waals surface area contributed by atoms with E-state index >= 15 is 0 Å². The molecule has 0 aromatic rings. The van der Waals surface area contributed by atoms with Gasteiger partial charge in [-0.2, -0.15) is 0 Å². The van der Waals surface area contributed by atoms with Crippen LogP contribution in [-0.4, -0.2) is 17.0 Å². The average molecular weight is 969 g/mol. The molecule has 0 unspecified atom stereocenters. The number of rotatable bonds is 1. The molecule has 0 aliphatic carbocycles. The van der Waals surface area contributed by atoms with Crippen LogP contribution in [0.5, 0.6) is 0 Å². The predicted octanol–water partition coefficient (Wildman–Crippen LogP) is 2.82. The minimum atomic E-state index is -0.833. The van der Waals surface area contributed by atoms with Crippen LogP contribution in [0.25, 0.3) is 0 Å². The first-order valence-corrected chi connectivity index (χ1v) is 22.4. The Balaban J connectivity index is -0.0000000216. The molecule has 0 aliphatic heterocycles. The third kappa shape index (κ3) is 263. The van der Waals surface area contributed by atoms with E-state index in [1.165, 1.54) is 6.92 Å². The molecule has 0 aromatic heterocycles. The molecule has 0 saturated heterocycles. The van der Waals surface area contributed by atoms with Crippen molar-refractivity contribution in [2.75, 3.05) is 0 Å². The molecule has 0 radical (unpaired) electrons. The van der Waals surface area contributed by atoms with E-state index in [9.17, 15) is 4.79 Å². The van der Waals surface area contributed by atoms with Crippen molar-refractivity contribution in [3.05, 3.63) is 35.9 Å². The maximum atomic E-state index is 9.75. The Morgan fingerprint density at radius 1 is 1.15 bits per heavy atom. The summed E-state index contributed by atoms with van der Waals surface area (Å²) >= 11 is 9.54. The standard InChI is InChI=1S/C4H6O2.C2H4O2.C2H4.I3.I2.HI.O2/c1-3-6-4(2)5;1-2(3)4;1-2;1-3-2;1-2;;1-2/h3H,1H2,2H3;1H3,(H,3,4);1-2H2;;;1H;/q;;;-1;;;. The molecule has 0 aliphatic rings. The van der Waals surface area contributed by atoms with Crippen LogP contribution >= 0.6 is 98.4 Å². The molecule has 0 rings (SSSR count). The summed E-state index contributed by atoms with van der Waals surface area (Å²) in [7, 11) is 0. The van der Waals surface area contributed by atoms with Crippen LogP contribution in [0.1, 0.15) is 13.8 Å². The first-order chi connectivity index (χ1) is 8.92. The Morgan fingerprint density at radius 2 is 1.30 bits per heavy atom. The van der Waals surface area contributed by atoms with Crippen molar-refractivity contribution in [3.63, 3.8) is 0 Å². The zero-order valence-corrected chi connectivity index (χ0v) is 23.6. The van der Waals surface area contributed by atoms with E-state index in [1.807, 2.05) is 0 Å². The first-order valence-electron chi connectivity index (χ1n) is 3.58. The van der Waals surface area contributed by atoms with Gasteiger partial charge in [-0.15, -0.1) is 37.1 Å². The van der Waals surface area contributed by atoms with Crippen LogP contribution in [0.2, 0.25) is 0 Å². The summed E-state index contributed by atoms with van der Waals surface area (Å²) in [5, 5.41) is 7.42. The molecule has 0 fully saturated rings. The number of carbonyl (C=O) groups excluding carboxylic acids is 1. The Kier molecular flexibility index (Phi) is 148. The van der Waals surface area contributed by atoms with Crippen molar-refractivity contribution in [3.8, 4) is 0 Å². The van der Waals surface area contributed by atoms with Crippen LogP contribution in [0.4, 0.5) is 0 Å². The summed E-state index contributed by atoms with van der Waals surface area (Å²) in [6, 6.07) is 0. The van der Waals surface area contributed by atoms with Gasteiger partial charge in [-0.3, -0.25) is 9.59 Å². The van der Waals surface area contributed by atoms with Gasteiger partial charge < -0.3 is 9.84 Å². The van der Waals surface area contributed by atoms with Crippen molar-refractivity contribution in [1.29, 1.82) is 0 Å². The second-order valence-corrected chi connectivity index (χ2v) is 17.6. The van der Waals surface area contributed by atoms with Crippen LogP contribution in [-0.2, 0) is 14.3 Å². The van der Waals surface area contributed by atoms with Gasteiger partial charge in [-0.1, -0.05) is 6.58 Å². The largest absolute Gasteiger partial charge is 0 e. The predicted molar refractivity (Wildman–Crippen MR) is 125 cm³/mol. The molecular formula is C8H15I6O6-. The van der Waals surface area contributed by atoms with E-state index in [0.29, 0.717) is 13.3 Å². The molecule has 1 N–H and O–H groups in total. The number of hydrogen-bond acceptors (Lipinski definition) is 5. The molecule has 0 amide bonds. The summed E-state index contributed by atoms with van der Waals surface area (Å²) < 4.78 is 4.17. The molecule has 0 atom stereocenters. The second-order valence-electron chi connectivity index (χ2n) is 1.35. The molecule has 12 heteroatoms. The van der Waals surface area contributed by atoms with Crippen LogP contribution in [0.3, 0.4) is 0 Å². The molecule has 6 nitrogen and oxygen atoms in total. The molecule has 0 saturated carbocycles. The maximum absolute atomic E-state index is 9.75. The van der Waals surface area contributed by atoms with Gasteiger partial charge in [-0.05, 0) is 0 Å². The average Bonchev–Trinajstić information content (AvgIpc) is 2.37. The second kappa shape index (κ2) is 68.5. The molecular weight excluding hydrogens is 954 g/mol. The van der Waals surface area contributed by atoms with Gasteiger partial charge in [0.1, 0.15) is 0 Å². The minimum absolute atomic E-state index is 0. The molecule has 0 heterocycles. The van der Waals surface area contributed by atoms with Gasteiger partial charge in [0.2, 0.25) is 0 Å². The fraction of sp³-hybridized carbons (Fsp3) is 0.250. The summed E-state index contributed by atoms with van der Waals surface area (Å²) in [4.78, 5) is 32.8.